The first-order chi connectivity index (χ1) is 13.9. The average molecular weight is 457 g/mol. The third kappa shape index (κ3) is 22.1. The molecule has 0 aliphatic heterocycles. The van der Waals surface area contributed by atoms with Crippen molar-refractivity contribution in [3.05, 3.63) is 0 Å². The molecule has 0 aliphatic rings. The van der Waals surface area contributed by atoms with Crippen LogP contribution in [0.5, 0.6) is 0 Å². The van der Waals surface area contributed by atoms with E-state index in [0.29, 0.717) is 6.42 Å². The molecular formula is C24H49NaO4S. The Balaban J connectivity index is 0. The first-order valence-electron chi connectivity index (χ1n) is 12.5. The number of hydrogen-bond acceptors (Lipinski definition) is 4. The van der Waals surface area contributed by atoms with E-state index in [1.54, 1.807) is 0 Å². The second-order valence-electron chi connectivity index (χ2n) is 8.92. The summed E-state index contributed by atoms with van der Waals surface area (Å²) in [7, 11) is -4.38. The maximum absolute atomic E-state index is 10.9. The minimum atomic E-state index is -4.38. The van der Waals surface area contributed by atoms with Gasteiger partial charge in [0.25, 0.3) is 0 Å². The molecule has 0 heterocycles. The molecule has 0 aromatic carbocycles. The van der Waals surface area contributed by atoms with Gasteiger partial charge in [-0.25, -0.2) is 8.42 Å². The van der Waals surface area contributed by atoms with Gasteiger partial charge >= 0.3 is 29.6 Å². The van der Waals surface area contributed by atoms with E-state index in [2.05, 4.69) is 6.92 Å². The van der Waals surface area contributed by atoms with Crippen molar-refractivity contribution >= 4 is 10.1 Å². The van der Waals surface area contributed by atoms with Gasteiger partial charge in [-0.1, -0.05) is 129 Å². The smallest absolute Gasteiger partial charge is 0.748 e. The van der Waals surface area contributed by atoms with Gasteiger partial charge in [-0.2, -0.15) is 0 Å². The van der Waals surface area contributed by atoms with Crippen LogP contribution in [-0.2, 0) is 10.1 Å². The molecule has 30 heavy (non-hydrogen) atoms. The number of unbranched alkanes of at least 4 members (excludes halogenated alkanes) is 18. The Morgan fingerprint density at radius 3 is 1.17 bits per heavy atom. The van der Waals surface area contributed by atoms with Crippen LogP contribution in [0.15, 0.2) is 0 Å². The van der Waals surface area contributed by atoms with Crippen molar-refractivity contribution in [3.63, 3.8) is 0 Å². The van der Waals surface area contributed by atoms with Crippen LogP contribution in [0.25, 0.3) is 0 Å². The quantitative estimate of drug-likeness (QED) is 0.151. The predicted molar refractivity (Wildman–Crippen MR) is 123 cm³/mol. The summed E-state index contributed by atoms with van der Waals surface area (Å²) in [5.41, 5.74) is 0. The largest absolute Gasteiger partial charge is 1.00 e. The van der Waals surface area contributed by atoms with Gasteiger partial charge in [0.15, 0.2) is 0 Å². The Labute approximate surface area is 210 Å². The van der Waals surface area contributed by atoms with Gasteiger partial charge in [-0.05, 0) is 13.3 Å². The average Bonchev–Trinajstić information content (AvgIpc) is 2.68. The van der Waals surface area contributed by atoms with Crippen LogP contribution in [0.4, 0.5) is 0 Å². The van der Waals surface area contributed by atoms with Crippen molar-refractivity contribution in [2.75, 3.05) is 0 Å². The maximum atomic E-state index is 10.9. The van der Waals surface area contributed by atoms with E-state index in [1.807, 2.05) is 0 Å². The Bertz CT molecular complexity index is 442. The summed E-state index contributed by atoms with van der Waals surface area (Å²) < 4.78 is 32.6. The van der Waals surface area contributed by atoms with E-state index in [4.69, 9.17) is 0 Å². The number of rotatable bonds is 22. The minimum Gasteiger partial charge on any atom is -0.748 e. The molecule has 6 heteroatoms. The van der Waals surface area contributed by atoms with E-state index >= 15 is 0 Å². The van der Waals surface area contributed by atoms with Gasteiger partial charge in [-0.15, -0.1) is 0 Å². The zero-order valence-corrected chi connectivity index (χ0v) is 23.2. The van der Waals surface area contributed by atoms with Crippen molar-refractivity contribution in [2.24, 2.45) is 0 Å². The molecule has 0 saturated carbocycles. The molecule has 0 fully saturated rings. The summed E-state index contributed by atoms with van der Waals surface area (Å²) in [6.45, 7) is 3.57. The molecule has 2 atom stereocenters. The maximum Gasteiger partial charge on any atom is 1.00 e. The number of aliphatic hydroxyl groups is 1. The summed E-state index contributed by atoms with van der Waals surface area (Å²) in [6.07, 6.45) is 24.3. The Morgan fingerprint density at radius 1 is 0.633 bits per heavy atom. The predicted octanol–water partition coefficient (Wildman–Crippen LogP) is 4.11. The van der Waals surface area contributed by atoms with Crippen LogP contribution in [-0.4, -0.2) is 29.4 Å². The van der Waals surface area contributed by atoms with E-state index in [0.717, 1.165) is 19.3 Å². The first kappa shape index (κ1) is 33.0. The fourth-order valence-corrected chi connectivity index (χ4v) is 4.38. The molecule has 0 aliphatic carbocycles. The Kier molecular flexibility index (Phi) is 25.4. The van der Waals surface area contributed by atoms with Gasteiger partial charge in [-0.3, -0.25) is 0 Å². The van der Waals surface area contributed by atoms with Gasteiger partial charge in [0, 0.05) is 0 Å². The fourth-order valence-electron chi connectivity index (χ4n) is 3.86. The Morgan fingerprint density at radius 2 is 0.900 bits per heavy atom. The van der Waals surface area contributed by atoms with Crippen LogP contribution in [0, 0.1) is 0 Å². The zero-order chi connectivity index (χ0) is 21.8. The van der Waals surface area contributed by atoms with Crippen molar-refractivity contribution in [1.82, 2.24) is 0 Å². The normalized spacial score (nSPS) is 13.7. The molecule has 2 unspecified atom stereocenters. The molecule has 0 radical (unpaired) electrons. The monoisotopic (exact) mass is 456 g/mol. The van der Waals surface area contributed by atoms with Gasteiger partial charge in [0.2, 0.25) is 0 Å². The molecule has 0 bridgehead atoms. The second-order valence-corrected chi connectivity index (χ2v) is 10.6. The minimum absolute atomic E-state index is 0. The van der Waals surface area contributed by atoms with Crippen molar-refractivity contribution in [1.29, 1.82) is 0 Å². The standard InChI is InChI=1S/C24H50O4S.Na/c1-3-4-5-6-7-8-9-10-11-12-13-14-15-16-17-18-19-20-21-22-24(25)23(2)29(26,27)28;/h23-25H,3-22H2,1-2H3,(H,26,27,28);/q;+1/p-1. The van der Waals surface area contributed by atoms with E-state index in [9.17, 15) is 18.1 Å². The van der Waals surface area contributed by atoms with Crippen LogP contribution in [0.1, 0.15) is 142 Å². The van der Waals surface area contributed by atoms with Crippen molar-refractivity contribution in [3.8, 4) is 0 Å². The van der Waals surface area contributed by atoms with Crippen LogP contribution >= 0.6 is 0 Å². The Hall–Kier alpha value is 0.870. The van der Waals surface area contributed by atoms with Gasteiger partial charge in [0.1, 0.15) is 0 Å². The second kappa shape index (κ2) is 23.0. The first-order valence-corrected chi connectivity index (χ1v) is 14.0. The third-order valence-electron chi connectivity index (χ3n) is 6.10. The van der Waals surface area contributed by atoms with Crippen LogP contribution in [0.3, 0.4) is 0 Å². The molecule has 0 aromatic rings. The fraction of sp³-hybridized carbons (Fsp3) is 1.00. The van der Waals surface area contributed by atoms with E-state index < -0.39 is 21.5 Å². The molecule has 0 aromatic heterocycles. The molecule has 1 N–H and O–H groups in total. The number of hydrogen-bond donors (Lipinski definition) is 1. The van der Waals surface area contributed by atoms with Gasteiger partial charge in [0.05, 0.1) is 21.5 Å². The molecular weight excluding hydrogens is 407 g/mol. The SMILES string of the molecule is CCCCCCCCCCCCCCCCCCCCCC(O)C(C)S(=O)(=O)[O-].[Na+]. The summed E-state index contributed by atoms with van der Waals surface area (Å²) in [6, 6.07) is 0. The van der Waals surface area contributed by atoms with Crippen molar-refractivity contribution in [2.45, 2.75) is 154 Å². The molecule has 4 nitrogen and oxygen atoms in total. The summed E-state index contributed by atoms with van der Waals surface area (Å²) in [5.74, 6) is 0. The summed E-state index contributed by atoms with van der Waals surface area (Å²) >= 11 is 0. The molecule has 0 amide bonds. The topological polar surface area (TPSA) is 77.4 Å². The van der Waals surface area contributed by atoms with E-state index in [-0.39, 0.29) is 29.6 Å². The van der Waals surface area contributed by atoms with Crippen molar-refractivity contribution < 1.29 is 47.6 Å². The van der Waals surface area contributed by atoms with Gasteiger partial charge < -0.3 is 9.66 Å². The van der Waals surface area contributed by atoms with Crippen LogP contribution in [0.2, 0.25) is 0 Å². The molecule has 176 valence electrons. The summed E-state index contributed by atoms with van der Waals surface area (Å²) in [5, 5.41) is 8.52. The number of aliphatic hydroxyl groups excluding tert-OH is 1. The zero-order valence-electron chi connectivity index (χ0n) is 20.4. The van der Waals surface area contributed by atoms with E-state index in [1.165, 1.54) is 110 Å². The molecule has 0 saturated heterocycles. The van der Waals surface area contributed by atoms with Crippen LogP contribution < -0.4 is 29.6 Å². The summed E-state index contributed by atoms with van der Waals surface area (Å²) in [4.78, 5) is 0. The third-order valence-corrected chi connectivity index (χ3v) is 7.33. The molecule has 0 spiro atoms. The molecule has 0 rings (SSSR count).